The highest BCUT2D eigenvalue weighted by atomic mass is 16.7. The number of fused-ring (bicyclic) bond motifs is 1. The van der Waals surface area contributed by atoms with Gasteiger partial charge in [-0.25, -0.2) is 4.98 Å². The van der Waals surface area contributed by atoms with Gasteiger partial charge in [-0.2, -0.15) is 0 Å². The van der Waals surface area contributed by atoms with Crippen molar-refractivity contribution in [3.63, 3.8) is 0 Å². The first-order valence-electron chi connectivity index (χ1n) is 5.25. The SMILES string of the molecule is O=[N+]([O-])c1cccnc1-c1ccc2c(c1)OCO2. The molecule has 1 aliphatic heterocycles. The monoisotopic (exact) mass is 244 g/mol. The first-order valence-corrected chi connectivity index (χ1v) is 5.25. The third-order valence-corrected chi connectivity index (χ3v) is 2.63. The fourth-order valence-corrected chi connectivity index (χ4v) is 1.81. The maximum Gasteiger partial charge on any atom is 0.295 e. The van der Waals surface area contributed by atoms with Crippen molar-refractivity contribution in [3.05, 3.63) is 46.6 Å². The van der Waals surface area contributed by atoms with Gasteiger partial charge in [0.05, 0.1) is 4.92 Å². The summed E-state index contributed by atoms with van der Waals surface area (Å²) in [6.45, 7) is 0.170. The Balaban J connectivity index is 2.13. The Morgan fingerprint density at radius 1 is 1.22 bits per heavy atom. The van der Waals surface area contributed by atoms with Crippen LogP contribution in [0.25, 0.3) is 11.3 Å². The van der Waals surface area contributed by atoms with Crippen molar-refractivity contribution in [3.8, 4) is 22.8 Å². The van der Waals surface area contributed by atoms with Crippen LogP contribution in [0.5, 0.6) is 11.5 Å². The zero-order valence-corrected chi connectivity index (χ0v) is 9.20. The van der Waals surface area contributed by atoms with Crippen LogP contribution in [0, 0.1) is 10.1 Å². The molecule has 1 aromatic heterocycles. The second-order valence-electron chi connectivity index (χ2n) is 3.70. The van der Waals surface area contributed by atoms with Crippen LogP contribution in [0.4, 0.5) is 5.69 Å². The molecule has 0 amide bonds. The normalized spacial score (nSPS) is 12.4. The van der Waals surface area contributed by atoms with Crippen LogP contribution in [0.2, 0.25) is 0 Å². The summed E-state index contributed by atoms with van der Waals surface area (Å²) >= 11 is 0. The topological polar surface area (TPSA) is 74.5 Å². The van der Waals surface area contributed by atoms with Crippen molar-refractivity contribution in [2.45, 2.75) is 0 Å². The Labute approximate surface area is 102 Å². The minimum Gasteiger partial charge on any atom is -0.454 e. The average molecular weight is 244 g/mol. The van der Waals surface area contributed by atoms with E-state index in [1.165, 1.54) is 18.3 Å². The van der Waals surface area contributed by atoms with Crippen molar-refractivity contribution < 1.29 is 14.4 Å². The van der Waals surface area contributed by atoms with E-state index in [-0.39, 0.29) is 12.5 Å². The molecular formula is C12H8N2O4. The summed E-state index contributed by atoms with van der Waals surface area (Å²) in [6.07, 6.45) is 1.52. The van der Waals surface area contributed by atoms with Gasteiger partial charge >= 0.3 is 0 Å². The lowest BCUT2D eigenvalue weighted by molar-refractivity contribution is -0.384. The number of hydrogen-bond acceptors (Lipinski definition) is 5. The van der Waals surface area contributed by atoms with Crippen molar-refractivity contribution in [1.82, 2.24) is 4.98 Å². The number of benzene rings is 1. The molecule has 0 unspecified atom stereocenters. The molecular weight excluding hydrogens is 236 g/mol. The highest BCUT2D eigenvalue weighted by Gasteiger charge is 2.19. The summed E-state index contributed by atoms with van der Waals surface area (Å²) in [4.78, 5) is 14.5. The quantitative estimate of drug-likeness (QED) is 0.599. The minimum absolute atomic E-state index is 0.0311. The average Bonchev–Trinajstić information content (AvgIpc) is 2.85. The molecule has 2 heterocycles. The molecule has 3 rings (SSSR count). The van der Waals surface area contributed by atoms with Crippen molar-refractivity contribution in [1.29, 1.82) is 0 Å². The number of pyridine rings is 1. The summed E-state index contributed by atoms with van der Waals surface area (Å²) in [6, 6.07) is 8.10. The third-order valence-electron chi connectivity index (χ3n) is 2.63. The Morgan fingerprint density at radius 2 is 2.06 bits per heavy atom. The van der Waals surface area contributed by atoms with E-state index in [1.807, 2.05) is 0 Å². The van der Waals surface area contributed by atoms with Crippen LogP contribution in [-0.2, 0) is 0 Å². The van der Waals surface area contributed by atoms with E-state index < -0.39 is 4.92 Å². The zero-order valence-electron chi connectivity index (χ0n) is 9.20. The van der Waals surface area contributed by atoms with E-state index >= 15 is 0 Å². The second kappa shape index (κ2) is 3.99. The number of hydrogen-bond donors (Lipinski definition) is 0. The lowest BCUT2D eigenvalue weighted by Crippen LogP contribution is -1.94. The first kappa shape index (κ1) is 10.5. The molecule has 0 aliphatic carbocycles. The van der Waals surface area contributed by atoms with E-state index in [4.69, 9.17) is 9.47 Å². The Kier molecular flexibility index (Phi) is 2.33. The predicted molar refractivity (Wildman–Crippen MR) is 62.5 cm³/mol. The molecule has 1 aliphatic rings. The lowest BCUT2D eigenvalue weighted by Gasteiger charge is -2.03. The third kappa shape index (κ3) is 1.64. The van der Waals surface area contributed by atoms with Gasteiger partial charge < -0.3 is 9.47 Å². The molecule has 0 spiro atoms. The maximum atomic E-state index is 10.9. The van der Waals surface area contributed by atoms with Crippen molar-refractivity contribution in [2.24, 2.45) is 0 Å². The number of nitrogens with zero attached hydrogens (tertiary/aromatic N) is 2. The van der Waals surface area contributed by atoms with Crippen molar-refractivity contribution in [2.75, 3.05) is 6.79 Å². The Hall–Kier alpha value is -2.63. The molecule has 0 radical (unpaired) electrons. The molecule has 0 N–H and O–H groups in total. The highest BCUT2D eigenvalue weighted by molar-refractivity contribution is 5.71. The van der Waals surface area contributed by atoms with E-state index in [1.54, 1.807) is 18.2 Å². The second-order valence-corrected chi connectivity index (χ2v) is 3.70. The van der Waals surface area contributed by atoms with Crippen LogP contribution >= 0.6 is 0 Å². The standard InChI is InChI=1S/C12H8N2O4/c15-14(16)9-2-1-5-13-12(9)8-3-4-10-11(6-8)18-7-17-10/h1-6H,7H2. The van der Waals surface area contributed by atoms with Gasteiger partial charge in [0.2, 0.25) is 6.79 Å². The number of rotatable bonds is 2. The molecule has 0 saturated heterocycles. The van der Waals surface area contributed by atoms with Gasteiger partial charge in [-0.1, -0.05) is 0 Å². The Morgan fingerprint density at radius 3 is 2.89 bits per heavy atom. The minimum atomic E-state index is -0.451. The van der Waals surface area contributed by atoms with E-state index in [2.05, 4.69) is 4.98 Å². The zero-order chi connectivity index (χ0) is 12.5. The van der Waals surface area contributed by atoms with Gasteiger partial charge in [0.1, 0.15) is 5.69 Å². The lowest BCUT2D eigenvalue weighted by atomic mass is 10.1. The van der Waals surface area contributed by atoms with Crippen LogP contribution in [0.3, 0.4) is 0 Å². The molecule has 0 atom stereocenters. The van der Waals surface area contributed by atoms with Crippen LogP contribution in [0.15, 0.2) is 36.5 Å². The van der Waals surface area contributed by atoms with Gasteiger partial charge in [-0.3, -0.25) is 10.1 Å². The predicted octanol–water partition coefficient (Wildman–Crippen LogP) is 2.39. The van der Waals surface area contributed by atoms with Gasteiger partial charge in [0.15, 0.2) is 11.5 Å². The van der Waals surface area contributed by atoms with Gasteiger partial charge in [0.25, 0.3) is 5.69 Å². The number of aromatic nitrogens is 1. The van der Waals surface area contributed by atoms with Crippen LogP contribution in [-0.4, -0.2) is 16.7 Å². The molecule has 0 bridgehead atoms. The molecule has 0 saturated carbocycles. The van der Waals surface area contributed by atoms with Crippen LogP contribution in [0.1, 0.15) is 0 Å². The molecule has 6 nitrogen and oxygen atoms in total. The smallest absolute Gasteiger partial charge is 0.295 e. The first-order chi connectivity index (χ1) is 8.75. The number of ether oxygens (including phenoxy) is 2. The highest BCUT2D eigenvalue weighted by Crippen LogP contribution is 2.37. The molecule has 90 valence electrons. The van der Waals surface area contributed by atoms with Gasteiger partial charge in [-0.05, 0) is 24.3 Å². The van der Waals surface area contributed by atoms with E-state index in [0.29, 0.717) is 22.8 Å². The summed E-state index contributed by atoms with van der Waals surface area (Å²) in [7, 11) is 0. The molecule has 18 heavy (non-hydrogen) atoms. The molecule has 2 aromatic rings. The summed E-state index contributed by atoms with van der Waals surface area (Å²) < 4.78 is 10.4. The summed E-state index contributed by atoms with van der Waals surface area (Å²) in [5.41, 5.74) is 0.920. The van der Waals surface area contributed by atoms with E-state index in [9.17, 15) is 10.1 Å². The fraction of sp³-hybridized carbons (Fsp3) is 0.0833. The maximum absolute atomic E-state index is 10.9. The molecule has 6 heteroatoms. The van der Waals surface area contributed by atoms with E-state index in [0.717, 1.165) is 0 Å². The molecule has 0 fully saturated rings. The van der Waals surface area contributed by atoms with Gasteiger partial charge in [-0.15, -0.1) is 0 Å². The summed E-state index contributed by atoms with van der Waals surface area (Å²) in [5, 5.41) is 10.9. The fourth-order valence-electron chi connectivity index (χ4n) is 1.81. The van der Waals surface area contributed by atoms with Crippen molar-refractivity contribution >= 4 is 5.69 Å². The summed E-state index contributed by atoms with van der Waals surface area (Å²) in [5.74, 6) is 1.21. The number of nitro groups is 1. The largest absolute Gasteiger partial charge is 0.454 e. The van der Waals surface area contributed by atoms with Crippen LogP contribution < -0.4 is 9.47 Å². The van der Waals surface area contributed by atoms with Gasteiger partial charge in [0, 0.05) is 17.8 Å². The Bertz CT molecular complexity index is 627. The molecule has 1 aromatic carbocycles.